The molecule has 0 radical (unpaired) electrons. The van der Waals surface area contributed by atoms with Crippen molar-refractivity contribution < 1.29 is 0 Å². The molecule has 2 aliphatic carbocycles. The lowest BCUT2D eigenvalue weighted by atomic mass is 9.80. The van der Waals surface area contributed by atoms with Gasteiger partial charge in [-0.05, 0) is 141 Å². The first-order valence-corrected chi connectivity index (χ1v) is 23.0. The average Bonchev–Trinajstić information content (AvgIpc) is 3.71. The van der Waals surface area contributed by atoms with Crippen LogP contribution in [-0.4, -0.2) is 0 Å². The number of benzene rings is 11. The van der Waals surface area contributed by atoms with Crippen molar-refractivity contribution in [2.45, 2.75) is 38.5 Å². The monoisotopic (exact) mass is 829 g/mol. The normalized spacial score (nSPS) is 14.1. The Hall–Kier alpha value is -7.74. The lowest BCUT2D eigenvalue weighted by Crippen LogP contribution is -2.18. The highest BCUT2D eigenvalue weighted by Gasteiger charge is 2.38. The summed E-state index contributed by atoms with van der Waals surface area (Å²) in [5.74, 6) is 0. The van der Waals surface area contributed by atoms with Gasteiger partial charge in [-0.2, -0.15) is 0 Å². The summed E-state index contributed by atoms with van der Waals surface area (Å²) in [6.07, 6.45) is 0. The molecule has 0 saturated heterocycles. The number of hydrogen-bond acceptors (Lipinski definition) is 1. The zero-order chi connectivity index (χ0) is 43.6. The van der Waals surface area contributed by atoms with E-state index >= 15 is 0 Å². The molecule has 65 heavy (non-hydrogen) atoms. The minimum Gasteiger partial charge on any atom is -0.310 e. The Morgan fingerprint density at radius 3 is 1.34 bits per heavy atom. The van der Waals surface area contributed by atoms with Crippen molar-refractivity contribution >= 4 is 60.2 Å². The second kappa shape index (κ2) is 13.9. The smallest absolute Gasteiger partial charge is 0.0540 e. The quantitative estimate of drug-likeness (QED) is 0.156. The van der Waals surface area contributed by atoms with Gasteiger partial charge in [-0.25, -0.2) is 0 Å². The molecule has 0 saturated carbocycles. The molecule has 2 aliphatic rings. The SMILES string of the molecule is CC1(C)c2ccccc2-c2ccc(N(c3ccc4c(c3)C(C)(C)c3cc(-c5c6ccccc6c(-c6cccc7ccccc67)c6ccccc56)ccc3-4)c3cccc4ccccc34)cc21. The lowest BCUT2D eigenvalue weighted by molar-refractivity contribution is 0.660. The topological polar surface area (TPSA) is 3.24 Å². The van der Waals surface area contributed by atoms with Gasteiger partial charge in [0.1, 0.15) is 0 Å². The minimum absolute atomic E-state index is 0.113. The number of fused-ring (bicyclic) bond motifs is 10. The van der Waals surface area contributed by atoms with Crippen LogP contribution in [-0.2, 0) is 10.8 Å². The molecule has 0 heterocycles. The third-order valence-electron chi connectivity index (χ3n) is 15.0. The van der Waals surface area contributed by atoms with Crippen molar-refractivity contribution in [3.8, 4) is 44.5 Å². The van der Waals surface area contributed by atoms with Crippen LogP contribution in [0.25, 0.3) is 87.6 Å². The summed E-state index contributed by atoms with van der Waals surface area (Å²) in [6, 6.07) is 79.6. The molecule has 1 heteroatoms. The van der Waals surface area contributed by atoms with Crippen molar-refractivity contribution in [1.82, 2.24) is 0 Å². The van der Waals surface area contributed by atoms with E-state index in [-0.39, 0.29) is 10.8 Å². The third kappa shape index (κ3) is 5.45. The van der Waals surface area contributed by atoms with E-state index in [1.54, 1.807) is 0 Å². The van der Waals surface area contributed by atoms with E-state index in [2.05, 4.69) is 245 Å². The van der Waals surface area contributed by atoms with Crippen LogP contribution in [0.2, 0.25) is 0 Å². The van der Waals surface area contributed by atoms with Gasteiger partial charge >= 0.3 is 0 Å². The third-order valence-corrected chi connectivity index (χ3v) is 15.0. The van der Waals surface area contributed by atoms with Crippen LogP contribution in [0, 0.1) is 0 Å². The molecule has 0 N–H and O–H groups in total. The van der Waals surface area contributed by atoms with E-state index in [4.69, 9.17) is 0 Å². The van der Waals surface area contributed by atoms with Crippen molar-refractivity contribution in [1.29, 1.82) is 0 Å². The van der Waals surface area contributed by atoms with Crippen molar-refractivity contribution in [3.63, 3.8) is 0 Å². The molecule has 0 unspecified atom stereocenters. The number of rotatable bonds is 5. The predicted octanol–water partition coefficient (Wildman–Crippen LogP) is 17.7. The van der Waals surface area contributed by atoms with Gasteiger partial charge in [0.2, 0.25) is 0 Å². The second-order valence-corrected chi connectivity index (χ2v) is 19.2. The first-order valence-electron chi connectivity index (χ1n) is 23.0. The van der Waals surface area contributed by atoms with E-state index < -0.39 is 0 Å². The van der Waals surface area contributed by atoms with Crippen LogP contribution in [0.1, 0.15) is 49.9 Å². The number of nitrogens with zero attached hydrogens (tertiary/aromatic N) is 1. The predicted molar refractivity (Wildman–Crippen MR) is 277 cm³/mol. The van der Waals surface area contributed by atoms with Gasteiger partial charge in [-0.15, -0.1) is 0 Å². The Labute approximate surface area is 380 Å². The van der Waals surface area contributed by atoms with Crippen LogP contribution in [0.4, 0.5) is 17.1 Å². The van der Waals surface area contributed by atoms with Crippen molar-refractivity contribution in [3.05, 3.63) is 235 Å². The fourth-order valence-electron chi connectivity index (χ4n) is 11.9. The first-order chi connectivity index (χ1) is 31.8. The Balaban J connectivity index is 0.974. The first kappa shape index (κ1) is 37.8. The molecule has 0 aliphatic heterocycles. The summed E-state index contributed by atoms with van der Waals surface area (Å²) in [5, 5.41) is 10.1. The molecule has 13 rings (SSSR count). The minimum atomic E-state index is -0.253. The van der Waals surface area contributed by atoms with Gasteiger partial charge in [0.25, 0.3) is 0 Å². The Morgan fingerprint density at radius 2 is 0.708 bits per heavy atom. The molecule has 0 spiro atoms. The Kier molecular flexibility index (Phi) is 8.07. The van der Waals surface area contributed by atoms with Crippen LogP contribution in [0.3, 0.4) is 0 Å². The van der Waals surface area contributed by atoms with Crippen LogP contribution < -0.4 is 4.90 Å². The highest BCUT2D eigenvalue weighted by molar-refractivity contribution is 6.23. The maximum Gasteiger partial charge on any atom is 0.0540 e. The van der Waals surface area contributed by atoms with Gasteiger partial charge in [-0.1, -0.05) is 204 Å². The summed E-state index contributed by atoms with van der Waals surface area (Å²) in [5.41, 5.74) is 19.0. The van der Waals surface area contributed by atoms with Crippen molar-refractivity contribution in [2.75, 3.05) is 4.90 Å². The molecule has 0 fully saturated rings. The standard InChI is InChI=1S/C64H47N/c1-63(2)56-29-14-13-23-47(56)49-35-32-43(38-58(49)63)65(60-30-16-20-41-18-6-8-22-46(41)60)44-33-36-50-48-34-31-42(37-57(48)64(3,4)59(50)39-44)61-52-24-9-11-26-54(52)62(55-27-12-10-25-53(55)61)51-28-15-19-40-17-5-7-21-45(40)51/h5-39H,1-4H3. The van der Waals surface area contributed by atoms with Crippen LogP contribution in [0.5, 0.6) is 0 Å². The van der Waals surface area contributed by atoms with Gasteiger partial charge in [-0.3, -0.25) is 0 Å². The zero-order valence-corrected chi connectivity index (χ0v) is 37.2. The molecule has 11 aromatic rings. The van der Waals surface area contributed by atoms with Crippen LogP contribution >= 0.6 is 0 Å². The van der Waals surface area contributed by atoms with Gasteiger partial charge in [0, 0.05) is 27.6 Å². The average molecular weight is 830 g/mol. The lowest BCUT2D eigenvalue weighted by Gasteiger charge is -2.30. The van der Waals surface area contributed by atoms with E-state index in [9.17, 15) is 0 Å². The van der Waals surface area contributed by atoms with Gasteiger partial charge < -0.3 is 4.90 Å². The molecule has 1 nitrogen and oxygen atoms in total. The van der Waals surface area contributed by atoms with E-state index in [1.165, 1.54) is 121 Å². The molecule has 0 bridgehead atoms. The molecular weight excluding hydrogens is 783 g/mol. The molecule has 0 aromatic heterocycles. The van der Waals surface area contributed by atoms with E-state index in [0.29, 0.717) is 0 Å². The number of anilines is 3. The highest BCUT2D eigenvalue weighted by Crippen LogP contribution is 2.55. The molecule has 0 atom stereocenters. The maximum atomic E-state index is 2.50. The molecule has 11 aromatic carbocycles. The summed E-state index contributed by atoms with van der Waals surface area (Å²) in [4.78, 5) is 2.50. The largest absolute Gasteiger partial charge is 0.310 e. The van der Waals surface area contributed by atoms with Gasteiger partial charge in [0.05, 0.1) is 5.69 Å². The summed E-state index contributed by atoms with van der Waals surface area (Å²) in [6.45, 7) is 9.58. The highest BCUT2D eigenvalue weighted by atomic mass is 15.1. The van der Waals surface area contributed by atoms with Crippen LogP contribution in [0.15, 0.2) is 212 Å². The van der Waals surface area contributed by atoms with E-state index in [0.717, 1.165) is 5.69 Å². The fraction of sp³-hybridized carbons (Fsp3) is 0.0938. The Bertz CT molecular complexity index is 3720. The molecule has 0 amide bonds. The van der Waals surface area contributed by atoms with Gasteiger partial charge in [0.15, 0.2) is 0 Å². The fourth-order valence-corrected chi connectivity index (χ4v) is 11.9. The maximum absolute atomic E-state index is 2.50. The molecule has 308 valence electrons. The molecular formula is C64H47N. The van der Waals surface area contributed by atoms with E-state index in [1.807, 2.05) is 0 Å². The summed E-state index contributed by atoms with van der Waals surface area (Å²) >= 11 is 0. The van der Waals surface area contributed by atoms with Crippen molar-refractivity contribution in [2.24, 2.45) is 0 Å². The number of hydrogen-bond donors (Lipinski definition) is 0. The zero-order valence-electron chi connectivity index (χ0n) is 37.2. The summed E-state index contributed by atoms with van der Waals surface area (Å²) in [7, 11) is 0. The second-order valence-electron chi connectivity index (χ2n) is 19.2. The summed E-state index contributed by atoms with van der Waals surface area (Å²) < 4.78 is 0. The Morgan fingerprint density at radius 1 is 0.292 bits per heavy atom.